The summed E-state index contributed by atoms with van der Waals surface area (Å²) in [5, 5.41) is 2.77. The lowest BCUT2D eigenvalue weighted by Gasteiger charge is -2.16. The number of allylic oxidation sites excluding steroid dienone is 12. The minimum atomic E-state index is -0.589. The van der Waals surface area contributed by atoms with Crippen LogP contribution >= 0.6 is 0 Å². The summed E-state index contributed by atoms with van der Waals surface area (Å²) >= 11 is 0. The van der Waals surface area contributed by atoms with Crippen molar-refractivity contribution < 1.29 is 14.3 Å². The maximum absolute atomic E-state index is 12.1. The Kier molecular flexibility index (Phi) is 23.0. The number of nitrogens with two attached hydrogens (primary N) is 1. The summed E-state index contributed by atoms with van der Waals surface area (Å²) in [6.45, 7) is 2.72. The largest absolute Gasteiger partial charge is 0.467 e. The highest BCUT2D eigenvalue weighted by Crippen LogP contribution is 2.04. The molecule has 0 heterocycles. The van der Waals surface area contributed by atoms with E-state index in [1.165, 1.54) is 7.11 Å². The molecule has 190 valence electrons. The van der Waals surface area contributed by atoms with E-state index in [-0.39, 0.29) is 5.91 Å². The van der Waals surface area contributed by atoms with Crippen molar-refractivity contribution in [3.05, 3.63) is 72.9 Å². The van der Waals surface area contributed by atoms with Gasteiger partial charge in [0.05, 0.1) is 7.11 Å². The second-order valence-electron chi connectivity index (χ2n) is 7.88. The number of methoxy groups -OCH3 is 1. The van der Waals surface area contributed by atoms with E-state index in [2.05, 4.69) is 79.1 Å². The van der Waals surface area contributed by atoms with E-state index in [0.717, 1.165) is 51.4 Å². The average Bonchev–Trinajstić information content (AvgIpc) is 2.84. The molecule has 0 aromatic heterocycles. The highest BCUT2D eigenvalue weighted by molar-refractivity contribution is 5.84. The van der Waals surface area contributed by atoms with Gasteiger partial charge < -0.3 is 15.8 Å². The Morgan fingerprint density at radius 2 is 1.24 bits per heavy atom. The zero-order valence-electron chi connectivity index (χ0n) is 21.3. The molecule has 0 aromatic carbocycles. The van der Waals surface area contributed by atoms with Crippen molar-refractivity contribution in [1.29, 1.82) is 0 Å². The highest BCUT2D eigenvalue weighted by atomic mass is 16.5. The number of hydrogen-bond donors (Lipinski definition) is 2. The molecule has 0 aliphatic rings. The van der Waals surface area contributed by atoms with Crippen LogP contribution in [0.1, 0.15) is 77.6 Å². The monoisotopic (exact) mass is 470 g/mol. The van der Waals surface area contributed by atoms with Gasteiger partial charge in [-0.15, -0.1) is 0 Å². The van der Waals surface area contributed by atoms with Gasteiger partial charge in [-0.1, -0.05) is 79.8 Å². The molecule has 0 fully saturated rings. The van der Waals surface area contributed by atoms with Gasteiger partial charge in [0.25, 0.3) is 0 Å². The third kappa shape index (κ3) is 21.2. The molecule has 5 nitrogen and oxygen atoms in total. The molecule has 1 unspecified atom stereocenters. The van der Waals surface area contributed by atoms with E-state index < -0.39 is 12.0 Å². The molecule has 34 heavy (non-hydrogen) atoms. The first kappa shape index (κ1) is 31.3. The zero-order valence-corrected chi connectivity index (χ0v) is 21.3. The Morgan fingerprint density at radius 1 is 0.765 bits per heavy atom. The fraction of sp³-hybridized carbons (Fsp3) is 0.517. The maximum atomic E-state index is 12.1. The number of carbonyl (C=O) groups excluding carboxylic acids is 2. The molecule has 1 atom stereocenters. The summed E-state index contributed by atoms with van der Waals surface area (Å²) in [5.74, 6) is -0.540. The second-order valence-corrected chi connectivity index (χ2v) is 7.88. The minimum absolute atomic E-state index is 0.136. The SMILES string of the molecule is CCC=CCC=CCC=CCC=CCC=CCC=CCCC(=O)NC(CCCCN)C(=O)OC. The van der Waals surface area contributed by atoms with Crippen molar-refractivity contribution >= 4 is 11.9 Å². The van der Waals surface area contributed by atoms with Crippen LogP contribution in [0.15, 0.2) is 72.9 Å². The molecule has 0 spiro atoms. The number of rotatable bonds is 20. The van der Waals surface area contributed by atoms with Crippen molar-refractivity contribution in [2.24, 2.45) is 5.73 Å². The van der Waals surface area contributed by atoms with Crippen LogP contribution in [0, 0.1) is 0 Å². The second kappa shape index (κ2) is 25.0. The molecule has 0 aliphatic heterocycles. The number of unbranched alkanes of at least 4 members (excludes halogenated alkanes) is 1. The normalized spacial score (nSPS) is 13.4. The van der Waals surface area contributed by atoms with E-state index in [1.807, 2.05) is 6.08 Å². The fourth-order valence-corrected chi connectivity index (χ4v) is 3.00. The van der Waals surface area contributed by atoms with Crippen LogP contribution in [-0.4, -0.2) is 31.6 Å². The zero-order chi connectivity index (χ0) is 25.1. The van der Waals surface area contributed by atoms with Crippen LogP contribution in [0.3, 0.4) is 0 Å². The highest BCUT2D eigenvalue weighted by Gasteiger charge is 2.20. The number of ether oxygens (including phenoxy) is 1. The molecular formula is C29H46N2O3. The van der Waals surface area contributed by atoms with E-state index in [9.17, 15) is 9.59 Å². The van der Waals surface area contributed by atoms with Crippen LogP contribution < -0.4 is 11.1 Å². The molecule has 5 heteroatoms. The fourth-order valence-electron chi connectivity index (χ4n) is 3.00. The summed E-state index contributed by atoms with van der Waals surface area (Å²) in [6, 6.07) is -0.589. The predicted molar refractivity (Wildman–Crippen MR) is 144 cm³/mol. The van der Waals surface area contributed by atoms with Crippen molar-refractivity contribution in [3.8, 4) is 0 Å². The summed E-state index contributed by atoms with van der Waals surface area (Å²) in [7, 11) is 1.34. The molecular weight excluding hydrogens is 424 g/mol. The molecule has 0 rings (SSSR count). The van der Waals surface area contributed by atoms with Crippen molar-refractivity contribution in [1.82, 2.24) is 5.32 Å². The van der Waals surface area contributed by atoms with Crippen LogP contribution in [0.25, 0.3) is 0 Å². The molecule has 0 aliphatic carbocycles. The minimum Gasteiger partial charge on any atom is -0.467 e. The number of esters is 1. The first-order valence-electron chi connectivity index (χ1n) is 12.6. The van der Waals surface area contributed by atoms with Crippen LogP contribution in [-0.2, 0) is 14.3 Å². The summed E-state index contributed by atoms with van der Waals surface area (Å²) < 4.78 is 4.77. The Balaban J connectivity index is 3.86. The van der Waals surface area contributed by atoms with E-state index >= 15 is 0 Å². The number of carbonyl (C=O) groups is 2. The summed E-state index contributed by atoms with van der Waals surface area (Å²) in [5.41, 5.74) is 5.48. The van der Waals surface area contributed by atoms with Gasteiger partial charge >= 0.3 is 5.97 Å². The van der Waals surface area contributed by atoms with Crippen LogP contribution in [0.4, 0.5) is 0 Å². The molecule has 1 amide bonds. The van der Waals surface area contributed by atoms with Crippen LogP contribution in [0.2, 0.25) is 0 Å². The lowest BCUT2D eigenvalue weighted by Crippen LogP contribution is -2.41. The summed E-state index contributed by atoms with van der Waals surface area (Å²) in [6.07, 6.45) is 34.9. The van der Waals surface area contributed by atoms with Gasteiger partial charge in [-0.05, 0) is 70.8 Å². The number of hydrogen-bond acceptors (Lipinski definition) is 4. The number of nitrogens with one attached hydrogen (secondary N) is 1. The van der Waals surface area contributed by atoms with E-state index in [4.69, 9.17) is 10.5 Å². The topological polar surface area (TPSA) is 81.4 Å². The number of amides is 1. The van der Waals surface area contributed by atoms with Crippen molar-refractivity contribution in [3.63, 3.8) is 0 Å². The molecule has 0 bridgehead atoms. The van der Waals surface area contributed by atoms with Gasteiger partial charge in [0.1, 0.15) is 6.04 Å². The first-order chi connectivity index (χ1) is 16.7. The Morgan fingerprint density at radius 3 is 1.68 bits per heavy atom. The Bertz CT molecular complexity index is 687. The average molecular weight is 471 g/mol. The van der Waals surface area contributed by atoms with Gasteiger partial charge in [-0.25, -0.2) is 4.79 Å². The Labute approximate surface area is 207 Å². The quantitative estimate of drug-likeness (QED) is 0.125. The molecule has 0 aromatic rings. The molecule has 0 radical (unpaired) electrons. The van der Waals surface area contributed by atoms with Crippen molar-refractivity contribution in [2.45, 2.75) is 83.6 Å². The van der Waals surface area contributed by atoms with E-state index in [1.54, 1.807) is 0 Å². The third-order valence-electron chi connectivity index (χ3n) is 4.90. The smallest absolute Gasteiger partial charge is 0.328 e. The standard InChI is InChI=1S/C29H46N2O3/c1-3-4-5-6-7-8-9-10-11-12-13-14-15-16-17-18-19-20-21-25-28(32)31-27(29(33)34-2)24-22-23-26-30/h4-5,7-8,10-11,13-14,16-17,19-20,27H,3,6,9,12,15,18,21-26,30H2,1-2H3,(H,31,32). The maximum Gasteiger partial charge on any atom is 0.328 e. The summed E-state index contributed by atoms with van der Waals surface area (Å²) in [4.78, 5) is 23.9. The van der Waals surface area contributed by atoms with Gasteiger partial charge in [0, 0.05) is 6.42 Å². The first-order valence-corrected chi connectivity index (χ1v) is 12.6. The molecule has 0 saturated carbocycles. The van der Waals surface area contributed by atoms with Gasteiger partial charge in [-0.2, -0.15) is 0 Å². The third-order valence-corrected chi connectivity index (χ3v) is 4.90. The van der Waals surface area contributed by atoms with Gasteiger partial charge in [0.2, 0.25) is 5.91 Å². The van der Waals surface area contributed by atoms with Crippen molar-refractivity contribution in [2.75, 3.05) is 13.7 Å². The van der Waals surface area contributed by atoms with Crippen LogP contribution in [0.5, 0.6) is 0 Å². The lowest BCUT2D eigenvalue weighted by molar-refractivity contribution is -0.145. The van der Waals surface area contributed by atoms with E-state index in [0.29, 0.717) is 25.8 Å². The molecule has 3 N–H and O–H groups in total. The molecule has 0 saturated heterocycles. The van der Waals surface area contributed by atoms with Gasteiger partial charge in [-0.3, -0.25) is 4.79 Å². The Hall–Kier alpha value is -2.66. The van der Waals surface area contributed by atoms with Gasteiger partial charge in [0.15, 0.2) is 0 Å². The lowest BCUT2D eigenvalue weighted by atomic mass is 10.1. The predicted octanol–water partition coefficient (Wildman–Crippen LogP) is 6.25.